The van der Waals surface area contributed by atoms with Gasteiger partial charge in [0.15, 0.2) is 0 Å². The second-order valence-electron chi connectivity index (χ2n) is 4.01. The van der Waals surface area contributed by atoms with Gasteiger partial charge < -0.3 is 15.6 Å². The van der Waals surface area contributed by atoms with E-state index in [1.54, 1.807) is 30.6 Å². The van der Waals surface area contributed by atoms with Crippen LogP contribution in [0.2, 0.25) is 0 Å². The van der Waals surface area contributed by atoms with Gasteiger partial charge in [-0.2, -0.15) is 0 Å². The Morgan fingerprint density at radius 3 is 3.00 bits per heavy atom. The van der Waals surface area contributed by atoms with Gasteiger partial charge in [0.25, 0.3) is 0 Å². The van der Waals surface area contributed by atoms with Crippen LogP contribution in [0.15, 0.2) is 39.7 Å². The third-order valence-corrected chi connectivity index (χ3v) is 3.32. The molecule has 1 aromatic rings. The number of nitrogens with two attached hydrogens (primary N) is 1. The van der Waals surface area contributed by atoms with Gasteiger partial charge in [-0.15, -0.1) is 0 Å². The largest absolute Gasteiger partial charge is 0.481 e. The fourth-order valence-electron chi connectivity index (χ4n) is 1.51. The Hall–Kier alpha value is -2.12. The molecule has 0 aromatic heterocycles. The van der Waals surface area contributed by atoms with Crippen LogP contribution in [-0.2, 0) is 9.59 Å². The topological polar surface area (TPSA) is 102 Å². The summed E-state index contributed by atoms with van der Waals surface area (Å²) in [6.07, 6.45) is 2.90. The molecular weight excluding hydrogens is 280 g/mol. The Bertz CT molecular complexity index is 598. The van der Waals surface area contributed by atoms with Crippen LogP contribution in [0.5, 0.6) is 5.75 Å². The number of carbonyl (C=O) groups is 2. The Morgan fingerprint density at radius 2 is 2.25 bits per heavy atom. The molecule has 7 heteroatoms. The van der Waals surface area contributed by atoms with Gasteiger partial charge in [0, 0.05) is 22.9 Å². The molecule has 1 aliphatic rings. The number of carboxylic acids is 1. The number of ether oxygens (including phenoxy) is 1. The van der Waals surface area contributed by atoms with Crippen molar-refractivity contribution in [1.29, 1.82) is 0 Å². The molecule has 0 aliphatic carbocycles. The minimum atomic E-state index is -1.18. The van der Waals surface area contributed by atoms with E-state index in [9.17, 15) is 9.59 Å². The van der Waals surface area contributed by atoms with Gasteiger partial charge in [0.05, 0.1) is 6.42 Å². The van der Waals surface area contributed by atoms with E-state index in [1.807, 2.05) is 5.41 Å². The quantitative estimate of drug-likeness (QED) is 0.642. The smallest absolute Gasteiger partial charge is 0.328 e. The zero-order chi connectivity index (χ0) is 14.5. The lowest BCUT2D eigenvalue weighted by Crippen LogP contribution is -2.36. The fourth-order valence-corrected chi connectivity index (χ4v) is 2.23. The first-order chi connectivity index (χ1) is 9.56. The van der Waals surface area contributed by atoms with E-state index in [4.69, 9.17) is 15.6 Å². The molecule has 0 radical (unpaired) electrons. The van der Waals surface area contributed by atoms with Crippen molar-refractivity contribution in [3.8, 4) is 5.75 Å². The normalized spacial score (nSPS) is 14.2. The molecule has 1 aliphatic heterocycles. The van der Waals surface area contributed by atoms with E-state index in [2.05, 4.69) is 4.99 Å². The van der Waals surface area contributed by atoms with E-state index >= 15 is 0 Å². The molecule has 0 saturated carbocycles. The fraction of sp³-hybridized carbons (Fsp3) is 0.154. The summed E-state index contributed by atoms with van der Waals surface area (Å²) in [5.74, 6) is -1.59. The van der Waals surface area contributed by atoms with Crippen LogP contribution in [0, 0.1) is 0 Å². The number of aliphatic imine (C=N–C) groups is 1. The van der Waals surface area contributed by atoms with Gasteiger partial charge in [0.2, 0.25) is 0 Å². The van der Waals surface area contributed by atoms with Crippen LogP contribution in [0.1, 0.15) is 12.0 Å². The second-order valence-corrected chi connectivity index (χ2v) is 4.95. The van der Waals surface area contributed by atoms with E-state index in [0.717, 1.165) is 10.5 Å². The van der Waals surface area contributed by atoms with Gasteiger partial charge in [-0.3, -0.25) is 9.79 Å². The number of nitrogens with zero attached hydrogens (tertiary/aromatic N) is 1. The number of esters is 1. The lowest BCUT2D eigenvalue weighted by Gasteiger charge is -2.10. The maximum absolute atomic E-state index is 11.6. The van der Waals surface area contributed by atoms with Crippen molar-refractivity contribution in [2.75, 3.05) is 0 Å². The molecule has 0 fully saturated rings. The van der Waals surface area contributed by atoms with E-state index in [0.29, 0.717) is 5.75 Å². The molecule has 0 amide bonds. The molecule has 2 rings (SSSR count). The number of aliphatic carboxylic acids is 1. The molecule has 3 N–H and O–H groups in total. The number of thioether (sulfide) groups is 1. The molecule has 0 bridgehead atoms. The van der Waals surface area contributed by atoms with E-state index in [-0.39, 0.29) is 0 Å². The summed E-state index contributed by atoms with van der Waals surface area (Å²) in [5.41, 5.74) is 6.35. The van der Waals surface area contributed by atoms with E-state index < -0.39 is 24.4 Å². The molecule has 0 saturated heterocycles. The van der Waals surface area contributed by atoms with Crippen LogP contribution in [0.25, 0.3) is 0 Å². The monoisotopic (exact) mass is 292 g/mol. The maximum atomic E-state index is 11.6. The number of rotatable bonds is 4. The molecule has 1 heterocycles. The minimum Gasteiger partial charge on any atom is -0.481 e. The number of fused-ring (bicyclic) bond motifs is 1. The standard InChI is InChI=1S/C13H12N2O4S/c14-10(6-12(16)17)13(18)19-9-2-1-8-7-15-3-4-20-11(8)5-9/h1-5,7,10H,6,14H2,(H,16,17)/t10-/m0/s1. The highest BCUT2D eigenvalue weighted by Gasteiger charge is 2.19. The summed E-state index contributed by atoms with van der Waals surface area (Å²) in [5, 5.41) is 10.4. The molecule has 0 spiro atoms. The SMILES string of the molecule is N[C@@H](CC(=O)O)C(=O)Oc1ccc2c(c1)SC=CN=C2. The molecule has 1 aromatic carbocycles. The van der Waals surface area contributed by atoms with Crippen molar-refractivity contribution in [2.24, 2.45) is 10.7 Å². The van der Waals surface area contributed by atoms with Gasteiger partial charge in [0.1, 0.15) is 11.8 Å². The van der Waals surface area contributed by atoms with Crippen molar-refractivity contribution < 1.29 is 19.4 Å². The highest BCUT2D eigenvalue weighted by Crippen LogP contribution is 2.29. The number of hydrogen-bond donors (Lipinski definition) is 2. The van der Waals surface area contributed by atoms with Gasteiger partial charge in [-0.25, -0.2) is 4.79 Å². The van der Waals surface area contributed by atoms with Crippen molar-refractivity contribution in [3.63, 3.8) is 0 Å². The molecule has 20 heavy (non-hydrogen) atoms. The molecule has 6 nitrogen and oxygen atoms in total. The third-order valence-electron chi connectivity index (χ3n) is 2.46. The highest BCUT2D eigenvalue weighted by atomic mass is 32.2. The molecule has 104 valence electrons. The van der Waals surface area contributed by atoms with Crippen LogP contribution < -0.4 is 10.5 Å². The van der Waals surface area contributed by atoms with Gasteiger partial charge >= 0.3 is 11.9 Å². The first-order valence-electron chi connectivity index (χ1n) is 5.74. The van der Waals surface area contributed by atoms with Crippen molar-refractivity contribution in [1.82, 2.24) is 0 Å². The van der Waals surface area contributed by atoms with Crippen LogP contribution in [0.4, 0.5) is 0 Å². The van der Waals surface area contributed by atoms with Crippen molar-refractivity contribution in [3.05, 3.63) is 35.4 Å². The van der Waals surface area contributed by atoms with E-state index in [1.165, 1.54) is 11.8 Å². The van der Waals surface area contributed by atoms with Crippen molar-refractivity contribution in [2.45, 2.75) is 17.4 Å². The number of benzene rings is 1. The van der Waals surface area contributed by atoms with Gasteiger partial charge in [-0.05, 0) is 23.6 Å². The van der Waals surface area contributed by atoms with Crippen LogP contribution >= 0.6 is 11.8 Å². The van der Waals surface area contributed by atoms with Crippen molar-refractivity contribution >= 4 is 29.9 Å². The second kappa shape index (κ2) is 6.36. The predicted molar refractivity (Wildman–Crippen MR) is 74.9 cm³/mol. The lowest BCUT2D eigenvalue weighted by molar-refractivity contribution is -0.143. The molecular formula is C13H12N2O4S. The number of hydrogen-bond acceptors (Lipinski definition) is 6. The average molecular weight is 292 g/mol. The Labute approximate surface area is 119 Å². The first kappa shape index (κ1) is 14.3. The molecule has 0 unspecified atom stereocenters. The first-order valence-corrected chi connectivity index (χ1v) is 6.62. The zero-order valence-corrected chi connectivity index (χ0v) is 11.2. The number of carboxylic acid groups (broad SMARTS) is 1. The molecule has 1 atom stereocenters. The Balaban J connectivity index is 2.09. The summed E-state index contributed by atoms with van der Waals surface area (Å²) in [6.45, 7) is 0. The Morgan fingerprint density at radius 1 is 1.45 bits per heavy atom. The summed E-state index contributed by atoms with van der Waals surface area (Å²) >= 11 is 1.45. The van der Waals surface area contributed by atoms with Crippen LogP contribution in [-0.4, -0.2) is 29.3 Å². The predicted octanol–water partition coefficient (Wildman–Crippen LogP) is 1.39. The summed E-state index contributed by atoms with van der Waals surface area (Å²) in [6, 6.07) is 3.89. The minimum absolute atomic E-state index is 0.325. The third kappa shape index (κ3) is 3.69. The summed E-state index contributed by atoms with van der Waals surface area (Å²) < 4.78 is 5.07. The summed E-state index contributed by atoms with van der Waals surface area (Å²) in [4.78, 5) is 27.0. The number of carbonyl (C=O) groups excluding carboxylic acids is 1. The van der Waals surface area contributed by atoms with Gasteiger partial charge in [-0.1, -0.05) is 11.8 Å². The lowest BCUT2D eigenvalue weighted by atomic mass is 10.2. The Kier molecular flexibility index (Phi) is 4.54. The zero-order valence-electron chi connectivity index (χ0n) is 10.4. The van der Waals surface area contributed by atoms with Crippen LogP contribution in [0.3, 0.4) is 0 Å². The average Bonchev–Trinajstić information content (AvgIpc) is 2.62. The highest BCUT2D eigenvalue weighted by molar-refractivity contribution is 8.02. The summed E-state index contributed by atoms with van der Waals surface area (Å²) in [7, 11) is 0. The maximum Gasteiger partial charge on any atom is 0.328 e.